The van der Waals surface area contributed by atoms with Crippen molar-refractivity contribution < 1.29 is 14.3 Å². The zero-order valence-electron chi connectivity index (χ0n) is 12.3. The van der Waals surface area contributed by atoms with Crippen LogP contribution in [0.1, 0.15) is 32.0 Å². The number of carbonyl (C=O) groups is 2. The molecule has 0 aliphatic rings. The third-order valence-corrected chi connectivity index (χ3v) is 3.17. The second-order valence-electron chi connectivity index (χ2n) is 4.98. The highest BCUT2D eigenvalue weighted by Crippen LogP contribution is 2.15. The number of carbonyl (C=O) groups excluding carboxylic acids is 2. The van der Waals surface area contributed by atoms with Crippen molar-refractivity contribution in [3.05, 3.63) is 24.3 Å². The number of unbranched alkanes of at least 4 members (excludes halogenated alkanes) is 1. The topological polar surface area (TPSA) is 74.1 Å². The van der Waals surface area contributed by atoms with Crippen LogP contribution in [0.4, 0.5) is 0 Å². The van der Waals surface area contributed by atoms with Gasteiger partial charge in [0.15, 0.2) is 0 Å². The van der Waals surface area contributed by atoms with E-state index in [1.165, 1.54) is 6.92 Å². The van der Waals surface area contributed by atoms with Crippen LogP contribution in [0.5, 0.6) is 0 Å². The molecular weight excluding hydrogens is 270 g/mol. The van der Waals surface area contributed by atoms with Crippen molar-refractivity contribution in [3.63, 3.8) is 0 Å². The van der Waals surface area contributed by atoms with Crippen molar-refractivity contribution in [2.75, 3.05) is 6.61 Å². The van der Waals surface area contributed by atoms with Gasteiger partial charge in [0.05, 0.1) is 18.3 Å². The molecule has 2 rings (SSSR count). The number of Topliss-reactive ketones (excluding diaryl/α,β-unsaturated/α-hetero) is 1. The van der Waals surface area contributed by atoms with Crippen LogP contribution in [-0.2, 0) is 20.9 Å². The number of aromatic nitrogens is 3. The Hall–Kier alpha value is -2.24. The van der Waals surface area contributed by atoms with Crippen LogP contribution in [0.3, 0.4) is 0 Å². The van der Waals surface area contributed by atoms with Gasteiger partial charge >= 0.3 is 5.97 Å². The lowest BCUT2D eigenvalue weighted by Gasteiger charge is -2.07. The van der Waals surface area contributed by atoms with E-state index in [0.29, 0.717) is 6.61 Å². The van der Waals surface area contributed by atoms with Gasteiger partial charge < -0.3 is 9.30 Å². The van der Waals surface area contributed by atoms with Gasteiger partial charge in [0.25, 0.3) is 0 Å². The van der Waals surface area contributed by atoms with Gasteiger partial charge in [0.2, 0.25) is 0 Å². The normalized spacial score (nSPS) is 10.8. The lowest BCUT2D eigenvalue weighted by Crippen LogP contribution is -2.10. The molecule has 0 saturated carbocycles. The molecule has 2 heterocycles. The van der Waals surface area contributed by atoms with Crippen molar-refractivity contribution in [1.29, 1.82) is 0 Å². The first kappa shape index (κ1) is 15.2. The molecule has 112 valence electrons. The van der Waals surface area contributed by atoms with Crippen LogP contribution < -0.4 is 0 Å². The monoisotopic (exact) mass is 289 g/mol. The SMILES string of the molecule is CC(=O)CC(=O)OCCCCn1c(C)nc2cnccc21. The summed E-state index contributed by atoms with van der Waals surface area (Å²) in [6, 6.07) is 1.95. The molecule has 0 saturated heterocycles. The quantitative estimate of drug-likeness (QED) is 0.443. The third-order valence-electron chi connectivity index (χ3n) is 3.17. The van der Waals surface area contributed by atoms with Crippen LogP contribution in [0.15, 0.2) is 18.5 Å². The van der Waals surface area contributed by atoms with E-state index in [1.807, 2.05) is 13.0 Å². The van der Waals surface area contributed by atoms with Gasteiger partial charge in [-0.05, 0) is 32.8 Å². The van der Waals surface area contributed by atoms with Crippen LogP contribution in [0.25, 0.3) is 11.0 Å². The highest BCUT2D eigenvalue weighted by Gasteiger charge is 2.08. The molecule has 2 aromatic heterocycles. The Labute approximate surface area is 123 Å². The number of nitrogens with zero attached hydrogens (tertiary/aromatic N) is 3. The first-order chi connectivity index (χ1) is 10.1. The summed E-state index contributed by atoms with van der Waals surface area (Å²) in [5.74, 6) is 0.332. The molecule has 0 aliphatic carbocycles. The molecule has 0 atom stereocenters. The molecule has 0 aromatic carbocycles. The lowest BCUT2D eigenvalue weighted by atomic mass is 10.3. The standard InChI is InChI=1S/C15H19N3O3/c1-11(19)9-15(20)21-8-4-3-7-18-12(2)17-13-10-16-6-5-14(13)18/h5-6,10H,3-4,7-9H2,1-2H3. The predicted molar refractivity (Wildman–Crippen MR) is 77.8 cm³/mol. The molecular formula is C15H19N3O3. The molecule has 6 nitrogen and oxygen atoms in total. The summed E-state index contributed by atoms with van der Waals surface area (Å²) < 4.78 is 7.13. The Bertz CT molecular complexity index is 649. The van der Waals surface area contributed by atoms with E-state index in [-0.39, 0.29) is 12.2 Å². The van der Waals surface area contributed by atoms with E-state index in [4.69, 9.17) is 4.74 Å². The largest absolute Gasteiger partial charge is 0.465 e. The number of ether oxygens (including phenoxy) is 1. The first-order valence-corrected chi connectivity index (χ1v) is 7.00. The van der Waals surface area contributed by atoms with Gasteiger partial charge in [-0.3, -0.25) is 14.6 Å². The summed E-state index contributed by atoms with van der Waals surface area (Å²) in [5.41, 5.74) is 1.96. The van der Waals surface area contributed by atoms with Gasteiger partial charge in [-0.1, -0.05) is 0 Å². The number of esters is 1. The fraction of sp³-hybridized carbons (Fsp3) is 0.467. The maximum atomic E-state index is 11.2. The van der Waals surface area contributed by atoms with Crippen molar-refractivity contribution in [1.82, 2.24) is 14.5 Å². The van der Waals surface area contributed by atoms with Crippen molar-refractivity contribution >= 4 is 22.8 Å². The van der Waals surface area contributed by atoms with Crippen LogP contribution in [-0.4, -0.2) is 32.9 Å². The molecule has 2 aromatic rings. The fourth-order valence-corrected chi connectivity index (χ4v) is 2.20. The Kier molecular flexibility index (Phi) is 5.03. The highest BCUT2D eigenvalue weighted by molar-refractivity contribution is 5.94. The summed E-state index contributed by atoms with van der Waals surface area (Å²) in [7, 11) is 0. The maximum absolute atomic E-state index is 11.2. The van der Waals surface area contributed by atoms with E-state index in [0.717, 1.165) is 36.2 Å². The Balaban J connectivity index is 1.79. The van der Waals surface area contributed by atoms with Crippen LogP contribution in [0.2, 0.25) is 0 Å². The maximum Gasteiger partial charge on any atom is 0.313 e. The zero-order valence-corrected chi connectivity index (χ0v) is 12.3. The van der Waals surface area contributed by atoms with Crippen LogP contribution in [0, 0.1) is 6.92 Å². The third kappa shape index (κ3) is 4.11. The van der Waals surface area contributed by atoms with Crippen molar-refractivity contribution in [2.45, 2.75) is 39.7 Å². The van der Waals surface area contributed by atoms with Crippen molar-refractivity contribution in [3.8, 4) is 0 Å². The molecule has 0 N–H and O–H groups in total. The molecule has 0 radical (unpaired) electrons. The Morgan fingerprint density at radius 3 is 2.90 bits per heavy atom. The summed E-state index contributed by atoms with van der Waals surface area (Å²) in [6.07, 6.45) is 5.00. The average molecular weight is 289 g/mol. The Morgan fingerprint density at radius 2 is 2.14 bits per heavy atom. The number of hydrogen-bond donors (Lipinski definition) is 0. The first-order valence-electron chi connectivity index (χ1n) is 7.00. The zero-order chi connectivity index (χ0) is 15.2. The van der Waals surface area contributed by atoms with Gasteiger partial charge in [0.1, 0.15) is 23.5 Å². The Morgan fingerprint density at radius 1 is 1.33 bits per heavy atom. The van der Waals surface area contributed by atoms with E-state index in [1.54, 1.807) is 12.4 Å². The van der Waals surface area contributed by atoms with Crippen LogP contribution >= 0.6 is 0 Å². The number of imidazole rings is 1. The minimum Gasteiger partial charge on any atom is -0.465 e. The van der Waals surface area contributed by atoms with Gasteiger partial charge in [-0.25, -0.2) is 4.98 Å². The van der Waals surface area contributed by atoms with Gasteiger partial charge in [-0.2, -0.15) is 0 Å². The number of rotatable bonds is 7. The van der Waals surface area contributed by atoms with Gasteiger partial charge in [0, 0.05) is 12.7 Å². The predicted octanol–water partition coefficient (Wildman–Crippen LogP) is 2.04. The number of fused-ring (bicyclic) bond motifs is 1. The average Bonchev–Trinajstić information content (AvgIpc) is 2.74. The second-order valence-corrected chi connectivity index (χ2v) is 4.98. The molecule has 0 fully saturated rings. The fourth-order valence-electron chi connectivity index (χ4n) is 2.20. The summed E-state index contributed by atoms with van der Waals surface area (Å²) in [4.78, 5) is 30.5. The van der Waals surface area contributed by atoms with E-state index in [2.05, 4.69) is 14.5 Å². The molecule has 6 heteroatoms. The summed E-state index contributed by atoms with van der Waals surface area (Å²) >= 11 is 0. The molecule has 0 aliphatic heterocycles. The summed E-state index contributed by atoms with van der Waals surface area (Å²) in [6.45, 7) is 4.51. The van der Waals surface area contributed by atoms with Gasteiger partial charge in [-0.15, -0.1) is 0 Å². The number of pyridine rings is 1. The molecule has 0 unspecified atom stereocenters. The highest BCUT2D eigenvalue weighted by atomic mass is 16.5. The smallest absolute Gasteiger partial charge is 0.313 e. The molecule has 21 heavy (non-hydrogen) atoms. The second kappa shape index (κ2) is 6.97. The van der Waals surface area contributed by atoms with E-state index < -0.39 is 5.97 Å². The lowest BCUT2D eigenvalue weighted by molar-refractivity contribution is -0.145. The number of aryl methyl sites for hydroxylation is 2. The molecule has 0 bridgehead atoms. The number of ketones is 1. The molecule has 0 amide bonds. The van der Waals surface area contributed by atoms with E-state index in [9.17, 15) is 9.59 Å². The van der Waals surface area contributed by atoms with Crippen molar-refractivity contribution in [2.24, 2.45) is 0 Å². The minimum atomic E-state index is -0.446. The minimum absolute atomic E-state index is 0.141. The summed E-state index contributed by atoms with van der Waals surface area (Å²) in [5, 5.41) is 0. The molecule has 0 spiro atoms. The van der Waals surface area contributed by atoms with E-state index >= 15 is 0 Å². The number of hydrogen-bond acceptors (Lipinski definition) is 5.